The van der Waals surface area contributed by atoms with Gasteiger partial charge in [-0.25, -0.2) is 4.79 Å². The number of hydrogen-bond acceptors (Lipinski definition) is 5. The van der Waals surface area contributed by atoms with Crippen molar-refractivity contribution in [2.24, 2.45) is 17.8 Å². The predicted octanol–water partition coefficient (Wildman–Crippen LogP) is 5.03. The van der Waals surface area contributed by atoms with E-state index in [1.807, 2.05) is 48.5 Å². The van der Waals surface area contributed by atoms with Crippen LogP contribution in [-0.4, -0.2) is 41.1 Å². The molecule has 8 heteroatoms. The third kappa shape index (κ3) is 3.41. The van der Waals surface area contributed by atoms with Crippen molar-refractivity contribution in [2.75, 3.05) is 6.61 Å². The number of halogens is 2. The van der Waals surface area contributed by atoms with Crippen molar-refractivity contribution >= 4 is 46.8 Å². The van der Waals surface area contributed by atoms with Crippen LogP contribution in [0.1, 0.15) is 46.5 Å². The molecule has 1 heterocycles. The van der Waals surface area contributed by atoms with Crippen molar-refractivity contribution < 1.29 is 23.9 Å². The Morgan fingerprint density at radius 3 is 1.59 bits per heavy atom. The van der Waals surface area contributed by atoms with Gasteiger partial charge in [0.05, 0.1) is 11.8 Å². The van der Waals surface area contributed by atoms with E-state index < -0.39 is 57.9 Å². The fourth-order valence-electron chi connectivity index (χ4n) is 6.57. The minimum atomic E-state index is -1.34. The molecule has 0 spiro atoms. The summed E-state index contributed by atoms with van der Waals surface area (Å²) < 4.78 is 5.39. The first-order valence-electron chi connectivity index (χ1n) is 12.8. The molecule has 1 saturated heterocycles. The largest absolute Gasteiger partial charge is 0.456 e. The van der Waals surface area contributed by atoms with E-state index in [0.29, 0.717) is 27.8 Å². The minimum Gasteiger partial charge on any atom is -0.456 e. The molecule has 4 aliphatic rings. The van der Waals surface area contributed by atoms with Gasteiger partial charge in [-0.15, -0.1) is 23.2 Å². The molecule has 7 rings (SSSR count). The number of hydrogen-bond donors (Lipinski definition) is 0. The zero-order valence-electron chi connectivity index (χ0n) is 21.3. The zero-order valence-corrected chi connectivity index (χ0v) is 22.8. The highest BCUT2D eigenvalue weighted by Crippen LogP contribution is 2.69. The van der Waals surface area contributed by atoms with Gasteiger partial charge in [-0.05, 0) is 28.2 Å². The van der Waals surface area contributed by atoms with Gasteiger partial charge in [-0.2, -0.15) is 0 Å². The first-order chi connectivity index (χ1) is 18.6. The average molecular weight is 562 g/mol. The summed E-state index contributed by atoms with van der Waals surface area (Å²) in [5.74, 6) is -4.88. The van der Waals surface area contributed by atoms with Crippen LogP contribution in [0, 0.1) is 17.8 Å². The van der Waals surface area contributed by atoms with Crippen molar-refractivity contribution in [1.29, 1.82) is 0 Å². The number of benzene rings is 3. The molecule has 6 nitrogen and oxygen atoms in total. The van der Waals surface area contributed by atoms with Crippen LogP contribution >= 0.6 is 23.2 Å². The van der Waals surface area contributed by atoms with Crippen LogP contribution in [0.2, 0.25) is 0 Å². The maximum atomic E-state index is 14.2. The van der Waals surface area contributed by atoms with Gasteiger partial charge in [0, 0.05) is 5.56 Å². The van der Waals surface area contributed by atoms with Crippen LogP contribution < -0.4 is 0 Å². The van der Waals surface area contributed by atoms with Gasteiger partial charge in [0.25, 0.3) is 0 Å². The topological polar surface area (TPSA) is 80.8 Å². The number of alkyl halides is 2. The summed E-state index contributed by atoms with van der Waals surface area (Å²) in [6, 6.07) is 21.9. The molecule has 0 N–H and O–H groups in total. The number of carbonyl (C=O) groups is 4. The standard InChI is InChI=1S/C31H25Cl2NO5/c1-17(2)26(29(38)39-16-23(35)18-10-4-3-5-11-18)34-27(36)24-25(28(34)37)31(33)20-13-7-6-12-19(20)30(24,32)21-14-8-9-15-22(21)31/h3-15,17,24-26H,16H2,1-2H3/t24-,25-,26+,30?,31?/m1/s1. The molecule has 198 valence electrons. The predicted molar refractivity (Wildman–Crippen MR) is 145 cm³/mol. The number of nitrogens with zero attached hydrogens (tertiary/aromatic N) is 1. The van der Waals surface area contributed by atoms with Crippen molar-refractivity contribution in [3.63, 3.8) is 0 Å². The fourth-order valence-corrected chi connectivity index (χ4v) is 7.67. The SMILES string of the molecule is CC(C)[C@@H](C(=O)OCC(=O)c1ccccc1)N1C(=O)[C@H]2[C@H](C1=O)C1(Cl)c3ccccc3C2(Cl)c2ccccc21. The Hall–Kier alpha value is -3.48. The fraction of sp³-hybridized carbons (Fsp3) is 0.290. The lowest BCUT2D eigenvalue weighted by atomic mass is 9.54. The minimum absolute atomic E-state index is 0.387. The Morgan fingerprint density at radius 1 is 0.769 bits per heavy atom. The highest BCUT2D eigenvalue weighted by Gasteiger charge is 2.74. The molecular weight excluding hydrogens is 537 g/mol. The molecule has 1 fully saturated rings. The lowest BCUT2D eigenvalue weighted by Gasteiger charge is -2.54. The molecule has 0 aromatic heterocycles. The van der Waals surface area contributed by atoms with Gasteiger partial charge in [-0.3, -0.25) is 19.3 Å². The van der Waals surface area contributed by atoms with Crippen molar-refractivity contribution in [3.8, 4) is 0 Å². The first-order valence-corrected chi connectivity index (χ1v) is 13.6. The second kappa shape index (κ2) is 9.04. The van der Waals surface area contributed by atoms with Crippen molar-refractivity contribution in [3.05, 3.63) is 107 Å². The van der Waals surface area contributed by atoms with Crippen molar-refractivity contribution in [1.82, 2.24) is 4.90 Å². The molecular formula is C31H25Cl2NO5. The van der Waals surface area contributed by atoms with E-state index in [0.717, 1.165) is 4.90 Å². The van der Waals surface area contributed by atoms with E-state index in [9.17, 15) is 19.2 Å². The number of esters is 1. The van der Waals surface area contributed by atoms with E-state index in [1.54, 1.807) is 44.2 Å². The molecule has 2 bridgehead atoms. The van der Waals surface area contributed by atoms with Crippen LogP contribution in [0.3, 0.4) is 0 Å². The van der Waals surface area contributed by atoms with Gasteiger partial charge in [0.15, 0.2) is 12.4 Å². The lowest BCUT2D eigenvalue weighted by molar-refractivity contribution is -0.160. The number of Topliss-reactive ketones (excluding diaryl/α,β-unsaturated/α-hetero) is 1. The molecule has 1 aliphatic heterocycles. The molecule has 0 radical (unpaired) electrons. The number of ether oxygens (including phenoxy) is 1. The van der Waals surface area contributed by atoms with Gasteiger partial charge in [0.1, 0.15) is 15.8 Å². The quantitative estimate of drug-likeness (QED) is 0.182. The molecule has 3 aromatic rings. The van der Waals surface area contributed by atoms with Gasteiger partial charge < -0.3 is 4.74 Å². The number of rotatable bonds is 6. The molecule has 0 saturated carbocycles. The summed E-state index contributed by atoms with van der Waals surface area (Å²) in [6.45, 7) is 2.93. The zero-order chi connectivity index (χ0) is 27.7. The van der Waals surface area contributed by atoms with E-state index >= 15 is 0 Å². The number of carbonyl (C=O) groups excluding carboxylic acids is 4. The Balaban J connectivity index is 1.39. The lowest BCUT2D eigenvalue weighted by Crippen LogP contribution is -2.57. The van der Waals surface area contributed by atoms with E-state index in [4.69, 9.17) is 27.9 Å². The maximum absolute atomic E-state index is 14.2. The third-order valence-corrected chi connectivity index (χ3v) is 9.50. The molecule has 3 atom stereocenters. The molecule has 0 unspecified atom stereocenters. The summed E-state index contributed by atoms with van der Waals surface area (Å²) in [6.07, 6.45) is 0. The Bertz CT molecular complexity index is 1410. The van der Waals surface area contributed by atoms with Crippen LogP contribution in [0.5, 0.6) is 0 Å². The second-order valence-electron chi connectivity index (χ2n) is 10.6. The summed E-state index contributed by atoms with van der Waals surface area (Å²) in [5.41, 5.74) is 3.12. The number of ketones is 1. The highest BCUT2D eigenvalue weighted by atomic mass is 35.5. The summed E-state index contributed by atoms with van der Waals surface area (Å²) in [4.78, 5) is 52.7. The molecule has 39 heavy (non-hydrogen) atoms. The molecule has 2 amide bonds. The summed E-state index contributed by atoms with van der Waals surface area (Å²) in [5, 5.41) is 0. The van der Waals surface area contributed by atoms with Gasteiger partial charge >= 0.3 is 5.97 Å². The smallest absolute Gasteiger partial charge is 0.330 e. The van der Waals surface area contributed by atoms with Gasteiger partial charge in [-0.1, -0.05) is 92.7 Å². The van der Waals surface area contributed by atoms with Crippen molar-refractivity contribution in [2.45, 2.75) is 29.6 Å². The number of imide groups is 1. The van der Waals surface area contributed by atoms with E-state index in [2.05, 4.69) is 0 Å². The van der Waals surface area contributed by atoms with Crippen LogP contribution in [0.15, 0.2) is 78.9 Å². The monoisotopic (exact) mass is 561 g/mol. The van der Waals surface area contributed by atoms with Crippen LogP contribution in [0.4, 0.5) is 0 Å². The summed E-state index contributed by atoms with van der Waals surface area (Å²) in [7, 11) is 0. The maximum Gasteiger partial charge on any atom is 0.330 e. The first kappa shape index (κ1) is 25.8. The Morgan fingerprint density at radius 2 is 1.18 bits per heavy atom. The third-order valence-electron chi connectivity index (χ3n) is 8.21. The Kier molecular flexibility index (Phi) is 5.97. The number of likely N-dealkylation sites (tertiary alicyclic amines) is 1. The Labute approximate surface area is 235 Å². The van der Waals surface area contributed by atoms with Gasteiger partial charge in [0.2, 0.25) is 11.8 Å². The second-order valence-corrected chi connectivity index (χ2v) is 11.8. The van der Waals surface area contributed by atoms with E-state index in [1.165, 1.54) is 0 Å². The molecule has 3 aliphatic carbocycles. The normalized spacial score (nSPS) is 27.2. The highest BCUT2D eigenvalue weighted by molar-refractivity contribution is 6.36. The number of amides is 2. The summed E-state index contributed by atoms with van der Waals surface area (Å²) >= 11 is 14.9. The van der Waals surface area contributed by atoms with Crippen LogP contribution in [0.25, 0.3) is 0 Å². The molecule has 3 aromatic carbocycles. The average Bonchev–Trinajstić information content (AvgIpc) is 3.21. The van der Waals surface area contributed by atoms with Crippen LogP contribution in [-0.2, 0) is 28.9 Å². The van der Waals surface area contributed by atoms with E-state index in [-0.39, 0.29) is 5.78 Å².